The van der Waals surface area contributed by atoms with E-state index < -0.39 is 5.60 Å². The Morgan fingerprint density at radius 1 is 1.50 bits per heavy atom. The van der Waals surface area contributed by atoms with Crippen LogP contribution in [-0.4, -0.2) is 5.11 Å². The van der Waals surface area contributed by atoms with Gasteiger partial charge < -0.3 is 5.11 Å². The van der Waals surface area contributed by atoms with E-state index in [0.717, 1.165) is 24.8 Å². The van der Waals surface area contributed by atoms with E-state index in [4.69, 9.17) is 11.6 Å². The van der Waals surface area contributed by atoms with Gasteiger partial charge >= 0.3 is 0 Å². The molecule has 1 aromatic carbocycles. The second-order valence-electron chi connectivity index (χ2n) is 4.23. The minimum Gasteiger partial charge on any atom is -0.385 e. The molecule has 2 atom stereocenters. The predicted molar refractivity (Wildman–Crippen MR) is 58.4 cm³/mol. The molecule has 0 radical (unpaired) electrons. The molecule has 0 spiro atoms. The first-order valence-corrected chi connectivity index (χ1v) is 5.49. The van der Waals surface area contributed by atoms with Gasteiger partial charge in [0.1, 0.15) is 0 Å². The predicted octanol–water partition coefficient (Wildman–Crippen LogP) is 3.35. The van der Waals surface area contributed by atoms with Crippen molar-refractivity contribution < 1.29 is 5.11 Å². The van der Waals surface area contributed by atoms with Crippen LogP contribution in [0.1, 0.15) is 31.7 Å². The summed E-state index contributed by atoms with van der Waals surface area (Å²) >= 11 is 5.92. The zero-order valence-electron chi connectivity index (χ0n) is 8.33. The molecular weight excluding hydrogens is 196 g/mol. The third-order valence-electron chi connectivity index (χ3n) is 3.33. The Morgan fingerprint density at radius 2 is 2.29 bits per heavy atom. The Balaban J connectivity index is 2.38. The van der Waals surface area contributed by atoms with Gasteiger partial charge in [0.15, 0.2) is 0 Å². The van der Waals surface area contributed by atoms with Gasteiger partial charge in [-0.05, 0) is 42.9 Å². The zero-order valence-corrected chi connectivity index (χ0v) is 9.09. The first kappa shape index (κ1) is 10.0. The number of hydrogen-bond donors (Lipinski definition) is 1. The summed E-state index contributed by atoms with van der Waals surface area (Å²) in [6, 6.07) is 7.59. The molecule has 0 aromatic heterocycles. The summed E-state index contributed by atoms with van der Waals surface area (Å²) in [7, 11) is 0. The molecule has 0 amide bonds. The number of rotatable bonds is 1. The molecule has 1 N–H and O–H groups in total. The van der Waals surface area contributed by atoms with E-state index in [9.17, 15) is 5.11 Å². The number of benzene rings is 1. The van der Waals surface area contributed by atoms with E-state index in [-0.39, 0.29) is 0 Å². The topological polar surface area (TPSA) is 20.2 Å². The standard InChI is InChI=1S/C12H15ClO/c1-9-4-3-7-12(9,14)10-5-2-6-11(13)8-10/h2,5-6,8-9,14H,3-4,7H2,1H3. The second-order valence-corrected chi connectivity index (χ2v) is 4.66. The van der Waals surface area contributed by atoms with Crippen molar-refractivity contribution in [3.63, 3.8) is 0 Å². The minimum absolute atomic E-state index is 0.334. The van der Waals surface area contributed by atoms with Crippen molar-refractivity contribution in [2.45, 2.75) is 31.8 Å². The Labute approximate surface area is 89.7 Å². The van der Waals surface area contributed by atoms with Crippen molar-refractivity contribution in [2.75, 3.05) is 0 Å². The molecule has 1 aliphatic rings. The van der Waals surface area contributed by atoms with Gasteiger partial charge in [0, 0.05) is 5.02 Å². The van der Waals surface area contributed by atoms with Crippen molar-refractivity contribution in [3.05, 3.63) is 34.9 Å². The fourth-order valence-electron chi connectivity index (χ4n) is 2.35. The lowest BCUT2D eigenvalue weighted by molar-refractivity contribution is 0.00450. The molecule has 1 saturated carbocycles. The summed E-state index contributed by atoms with van der Waals surface area (Å²) in [5.74, 6) is 0.334. The highest BCUT2D eigenvalue weighted by atomic mass is 35.5. The van der Waals surface area contributed by atoms with E-state index in [2.05, 4.69) is 6.92 Å². The molecule has 76 valence electrons. The van der Waals surface area contributed by atoms with Crippen LogP contribution in [-0.2, 0) is 5.60 Å². The average molecular weight is 211 g/mol. The highest BCUT2D eigenvalue weighted by molar-refractivity contribution is 6.30. The largest absolute Gasteiger partial charge is 0.385 e. The molecule has 0 heterocycles. The maximum Gasteiger partial charge on any atom is 0.0922 e. The summed E-state index contributed by atoms with van der Waals surface area (Å²) in [4.78, 5) is 0. The lowest BCUT2D eigenvalue weighted by Gasteiger charge is -2.28. The fraction of sp³-hybridized carbons (Fsp3) is 0.500. The Kier molecular flexibility index (Phi) is 2.54. The summed E-state index contributed by atoms with van der Waals surface area (Å²) in [6.45, 7) is 2.11. The number of halogens is 1. The van der Waals surface area contributed by atoms with Crippen LogP contribution < -0.4 is 0 Å². The van der Waals surface area contributed by atoms with Gasteiger partial charge in [-0.25, -0.2) is 0 Å². The molecule has 1 aliphatic carbocycles. The maximum atomic E-state index is 10.5. The van der Waals surface area contributed by atoms with Crippen molar-refractivity contribution >= 4 is 11.6 Å². The van der Waals surface area contributed by atoms with Crippen LogP contribution in [0.3, 0.4) is 0 Å². The van der Waals surface area contributed by atoms with Crippen molar-refractivity contribution in [2.24, 2.45) is 5.92 Å². The highest BCUT2D eigenvalue weighted by Crippen LogP contribution is 2.43. The Hall–Kier alpha value is -0.530. The molecule has 1 aromatic rings. The first-order chi connectivity index (χ1) is 6.63. The molecular formula is C12H15ClO. The molecule has 2 unspecified atom stereocenters. The van der Waals surface area contributed by atoms with Crippen LogP contribution in [0.4, 0.5) is 0 Å². The number of hydrogen-bond acceptors (Lipinski definition) is 1. The van der Waals surface area contributed by atoms with Crippen LogP contribution in [0, 0.1) is 5.92 Å². The normalized spacial score (nSPS) is 32.1. The van der Waals surface area contributed by atoms with Crippen LogP contribution in [0.2, 0.25) is 5.02 Å². The third kappa shape index (κ3) is 1.55. The van der Waals surface area contributed by atoms with Gasteiger partial charge in [-0.2, -0.15) is 0 Å². The van der Waals surface area contributed by atoms with Gasteiger partial charge in [0.05, 0.1) is 5.60 Å². The van der Waals surface area contributed by atoms with E-state index in [0.29, 0.717) is 10.9 Å². The lowest BCUT2D eigenvalue weighted by Crippen LogP contribution is -2.28. The Bertz CT molecular complexity index is 337. The van der Waals surface area contributed by atoms with Gasteiger partial charge in [-0.15, -0.1) is 0 Å². The second kappa shape index (κ2) is 3.56. The summed E-state index contributed by atoms with van der Waals surface area (Å²) in [5.41, 5.74) is 0.320. The number of aliphatic hydroxyl groups is 1. The fourth-order valence-corrected chi connectivity index (χ4v) is 2.54. The smallest absolute Gasteiger partial charge is 0.0922 e. The molecule has 14 heavy (non-hydrogen) atoms. The van der Waals surface area contributed by atoms with Gasteiger partial charge in [-0.1, -0.05) is 30.7 Å². The average Bonchev–Trinajstić information content (AvgIpc) is 2.49. The zero-order chi connectivity index (χ0) is 10.2. The molecule has 2 rings (SSSR count). The summed E-state index contributed by atoms with van der Waals surface area (Å²) < 4.78 is 0. The van der Waals surface area contributed by atoms with Crippen molar-refractivity contribution in [3.8, 4) is 0 Å². The van der Waals surface area contributed by atoms with E-state index in [1.54, 1.807) is 0 Å². The van der Waals surface area contributed by atoms with E-state index >= 15 is 0 Å². The van der Waals surface area contributed by atoms with E-state index in [1.807, 2.05) is 24.3 Å². The maximum absolute atomic E-state index is 10.5. The summed E-state index contributed by atoms with van der Waals surface area (Å²) in [6.07, 6.45) is 3.06. The first-order valence-electron chi connectivity index (χ1n) is 5.11. The Morgan fingerprint density at radius 3 is 2.86 bits per heavy atom. The van der Waals surface area contributed by atoms with Gasteiger partial charge in [0.2, 0.25) is 0 Å². The van der Waals surface area contributed by atoms with Crippen molar-refractivity contribution in [1.29, 1.82) is 0 Å². The minimum atomic E-state index is -0.648. The van der Waals surface area contributed by atoms with Gasteiger partial charge in [0.25, 0.3) is 0 Å². The van der Waals surface area contributed by atoms with Gasteiger partial charge in [-0.3, -0.25) is 0 Å². The molecule has 1 nitrogen and oxygen atoms in total. The molecule has 1 fully saturated rings. The van der Waals surface area contributed by atoms with Crippen LogP contribution in [0.5, 0.6) is 0 Å². The lowest BCUT2D eigenvalue weighted by atomic mass is 9.85. The SMILES string of the molecule is CC1CCCC1(O)c1cccc(Cl)c1. The quantitative estimate of drug-likeness (QED) is 0.754. The van der Waals surface area contributed by atoms with Crippen LogP contribution >= 0.6 is 11.6 Å². The molecule has 0 saturated heterocycles. The molecule has 2 heteroatoms. The third-order valence-corrected chi connectivity index (χ3v) is 3.57. The molecule has 0 aliphatic heterocycles. The summed E-state index contributed by atoms with van der Waals surface area (Å²) in [5, 5.41) is 11.2. The van der Waals surface area contributed by atoms with Crippen LogP contribution in [0.25, 0.3) is 0 Å². The highest BCUT2D eigenvalue weighted by Gasteiger charge is 2.39. The van der Waals surface area contributed by atoms with Crippen LogP contribution in [0.15, 0.2) is 24.3 Å². The monoisotopic (exact) mass is 210 g/mol. The molecule has 0 bridgehead atoms. The van der Waals surface area contributed by atoms with Crippen molar-refractivity contribution in [1.82, 2.24) is 0 Å². The van der Waals surface area contributed by atoms with E-state index in [1.165, 1.54) is 0 Å².